The molecule has 0 fully saturated rings. The molecule has 27 heavy (non-hydrogen) atoms. The van der Waals surface area contributed by atoms with E-state index < -0.39 is 0 Å². The first-order valence-corrected chi connectivity index (χ1v) is 8.42. The van der Waals surface area contributed by atoms with Crippen LogP contribution in [0.5, 0.6) is 5.75 Å². The van der Waals surface area contributed by atoms with Crippen LogP contribution in [0.3, 0.4) is 0 Å². The number of carbonyl (C=O) groups excluding carboxylic acids is 1. The molecule has 2 aromatic carbocycles. The predicted octanol–water partition coefficient (Wildman–Crippen LogP) is 4.28. The molecule has 0 atom stereocenters. The Bertz CT molecular complexity index is 980. The number of anilines is 2. The average molecular weight is 384 g/mol. The molecule has 3 aromatic rings. The summed E-state index contributed by atoms with van der Waals surface area (Å²) in [4.78, 5) is 12.6. The third-order valence-corrected chi connectivity index (χ3v) is 4.08. The second-order valence-electron chi connectivity index (χ2n) is 5.78. The predicted molar refractivity (Wildman–Crippen MR) is 107 cm³/mol. The van der Waals surface area contributed by atoms with Crippen LogP contribution in [0.2, 0.25) is 5.02 Å². The zero-order chi connectivity index (χ0) is 19.4. The van der Waals surface area contributed by atoms with E-state index in [4.69, 9.17) is 32.2 Å². The molecular weight excluding hydrogens is 366 g/mol. The van der Waals surface area contributed by atoms with Gasteiger partial charge in [-0.05, 0) is 48.5 Å². The number of rotatable bonds is 6. The third kappa shape index (κ3) is 4.43. The fourth-order valence-corrected chi connectivity index (χ4v) is 2.57. The van der Waals surface area contributed by atoms with Gasteiger partial charge in [0.25, 0.3) is 5.91 Å². The van der Waals surface area contributed by atoms with E-state index >= 15 is 0 Å². The molecule has 0 radical (unpaired) electrons. The molecule has 3 rings (SSSR count). The van der Waals surface area contributed by atoms with Gasteiger partial charge in [-0.3, -0.25) is 4.79 Å². The van der Waals surface area contributed by atoms with Gasteiger partial charge in [0.15, 0.2) is 5.76 Å². The minimum Gasteiger partial charge on any atom is -0.486 e. The van der Waals surface area contributed by atoms with Crippen molar-refractivity contribution in [1.82, 2.24) is 0 Å². The van der Waals surface area contributed by atoms with Crippen molar-refractivity contribution in [3.8, 4) is 5.75 Å². The van der Waals surface area contributed by atoms with Crippen LogP contribution in [0.4, 0.5) is 11.4 Å². The molecule has 0 saturated heterocycles. The molecule has 138 valence electrons. The number of nitrogen functional groups attached to an aromatic ring is 1. The lowest BCUT2D eigenvalue weighted by Gasteiger charge is -2.10. The van der Waals surface area contributed by atoms with Gasteiger partial charge < -0.3 is 25.9 Å². The standard InChI is InChI=1S/C20H18ClN3O3/c1-12(22)17-10-14(4-7-18(17)23)24-20(25)16-8-9-26-19(16)11-27-15-5-2-13(21)3-6-15/h2-10H,1,11,22-23H2,(H,24,25). The highest BCUT2D eigenvalue weighted by atomic mass is 35.5. The summed E-state index contributed by atoms with van der Waals surface area (Å²) in [5.74, 6) is 0.685. The smallest absolute Gasteiger partial charge is 0.259 e. The summed E-state index contributed by atoms with van der Waals surface area (Å²) in [6.07, 6.45) is 1.44. The fraction of sp³-hybridized carbons (Fsp3) is 0.0500. The summed E-state index contributed by atoms with van der Waals surface area (Å²) < 4.78 is 11.0. The molecular formula is C20H18ClN3O3. The molecule has 0 aliphatic rings. The first kappa shape index (κ1) is 18.4. The number of nitrogens with one attached hydrogen (secondary N) is 1. The lowest BCUT2D eigenvalue weighted by molar-refractivity contribution is 0.102. The Morgan fingerprint density at radius 3 is 2.59 bits per heavy atom. The normalized spacial score (nSPS) is 10.4. The Morgan fingerprint density at radius 2 is 1.89 bits per heavy atom. The van der Waals surface area contributed by atoms with Crippen molar-refractivity contribution >= 4 is 34.6 Å². The molecule has 0 aliphatic heterocycles. The van der Waals surface area contributed by atoms with Crippen molar-refractivity contribution in [2.45, 2.75) is 6.61 Å². The molecule has 1 aromatic heterocycles. The van der Waals surface area contributed by atoms with Crippen LogP contribution >= 0.6 is 11.6 Å². The van der Waals surface area contributed by atoms with Crippen molar-refractivity contribution in [2.24, 2.45) is 5.73 Å². The number of ether oxygens (including phenoxy) is 1. The van der Waals surface area contributed by atoms with E-state index in [1.165, 1.54) is 6.26 Å². The number of amides is 1. The number of hydrogen-bond donors (Lipinski definition) is 3. The Kier molecular flexibility index (Phi) is 5.38. The number of nitrogens with two attached hydrogens (primary N) is 2. The van der Waals surface area contributed by atoms with E-state index in [1.807, 2.05) is 0 Å². The van der Waals surface area contributed by atoms with Gasteiger partial charge >= 0.3 is 0 Å². The number of hydrogen-bond acceptors (Lipinski definition) is 5. The van der Waals surface area contributed by atoms with Gasteiger partial charge in [0.2, 0.25) is 0 Å². The van der Waals surface area contributed by atoms with Crippen LogP contribution < -0.4 is 21.5 Å². The van der Waals surface area contributed by atoms with Gasteiger partial charge in [0.1, 0.15) is 12.4 Å². The second kappa shape index (κ2) is 7.88. The van der Waals surface area contributed by atoms with Crippen molar-refractivity contribution in [3.05, 3.63) is 83.3 Å². The van der Waals surface area contributed by atoms with E-state index in [-0.39, 0.29) is 12.5 Å². The Labute approximate surface area is 161 Å². The van der Waals surface area contributed by atoms with Crippen LogP contribution in [0.1, 0.15) is 21.7 Å². The van der Waals surface area contributed by atoms with Crippen molar-refractivity contribution in [2.75, 3.05) is 11.1 Å². The monoisotopic (exact) mass is 383 g/mol. The summed E-state index contributed by atoms with van der Waals surface area (Å²) >= 11 is 5.85. The van der Waals surface area contributed by atoms with E-state index in [2.05, 4.69) is 11.9 Å². The van der Waals surface area contributed by atoms with E-state index in [1.54, 1.807) is 48.5 Å². The van der Waals surface area contributed by atoms with E-state index in [9.17, 15) is 4.79 Å². The summed E-state index contributed by atoms with van der Waals surface area (Å²) in [6.45, 7) is 3.78. The topological polar surface area (TPSA) is 104 Å². The van der Waals surface area contributed by atoms with Crippen molar-refractivity contribution in [3.63, 3.8) is 0 Å². The maximum absolute atomic E-state index is 12.6. The zero-order valence-electron chi connectivity index (χ0n) is 14.4. The van der Waals surface area contributed by atoms with Crippen LogP contribution in [0.15, 0.2) is 65.8 Å². The number of halogens is 1. The molecule has 6 nitrogen and oxygen atoms in total. The summed E-state index contributed by atoms with van der Waals surface area (Å²) in [7, 11) is 0. The van der Waals surface area contributed by atoms with Crippen LogP contribution in [0, 0.1) is 0 Å². The summed E-state index contributed by atoms with van der Waals surface area (Å²) in [5.41, 5.74) is 13.9. The summed E-state index contributed by atoms with van der Waals surface area (Å²) in [5, 5.41) is 3.40. The van der Waals surface area contributed by atoms with Gasteiger partial charge in [0.05, 0.1) is 11.8 Å². The van der Waals surface area contributed by atoms with E-state index in [0.717, 1.165) is 0 Å². The van der Waals surface area contributed by atoms with Crippen LogP contribution in [0.25, 0.3) is 5.70 Å². The minimum atomic E-state index is -0.336. The molecule has 0 spiro atoms. The molecule has 0 aliphatic carbocycles. The lowest BCUT2D eigenvalue weighted by atomic mass is 10.1. The fourth-order valence-electron chi connectivity index (χ4n) is 2.44. The second-order valence-corrected chi connectivity index (χ2v) is 6.22. The maximum atomic E-state index is 12.6. The summed E-state index contributed by atoms with van der Waals surface area (Å²) in [6, 6.07) is 13.5. The Hall–Kier alpha value is -3.38. The number of carbonyl (C=O) groups is 1. The highest BCUT2D eigenvalue weighted by Crippen LogP contribution is 2.23. The van der Waals surface area contributed by atoms with Gasteiger partial charge in [-0.15, -0.1) is 0 Å². The molecule has 0 bridgehead atoms. The Morgan fingerprint density at radius 1 is 1.15 bits per heavy atom. The quantitative estimate of drug-likeness (QED) is 0.551. The highest BCUT2D eigenvalue weighted by molar-refractivity contribution is 6.30. The number of furan rings is 1. The third-order valence-electron chi connectivity index (χ3n) is 3.83. The first-order valence-electron chi connectivity index (χ1n) is 8.04. The Balaban J connectivity index is 1.71. The van der Waals surface area contributed by atoms with Crippen molar-refractivity contribution in [1.29, 1.82) is 0 Å². The first-order chi connectivity index (χ1) is 12.9. The van der Waals surface area contributed by atoms with Gasteiger partial charge in [-0.25, -0.2) is 0 Å². The van der Waals surface area contributed by atoms with Crippen molar-refractivity contribution < 1.29 is 13.9 Å². The van der Waals surface area contributed by atoms with Gasteiger partial charge in [-0.1, -0.05) is 18.2 Å². The number of benzene rings is 2. The van der Waals surface area contributed by atoms with Crippen LogP contribution in [-0.2, 0) is 6.61 Å². The lowest BCUT2D eigenvalue weighted by Crippen LogP contribution is -2.14. The molecule has 1 amide bonds. The average Bonchev–Trinajstić information content (AvgIpc) is 3.11. The molecule has 1 heterocycles. The van der Waals surface area contributed by atoms with Crippen LogP contribution in [-0.4, -0.2) is 5.91 Å². The van der Waals surface area contributed by atoms with Gasteiger partial charge in [-0.2, -0.15) is 0 Å². The largest absolute Gasteiger partial charge is 0.486 e. The molecule has 0 saturated carbocycles. The molecule has 5 N–H and O–H groups in total. The minimum absolute atomic E-state index is 0.101. The van der Waals surface area contributed by atoms with E-state index in [0.29, 0.717) is 44.7 Å². The maximum Gasteiger partial charge on any atom is 0.259 e. The zero-order valence-corrected chi connectivity index (χ0v) is 15.1. The molecule has 7 heteroatoms. The SMILES string of the molecule is C=C(N)c1cc(NC(=O)c2ccoc2COc2ccc(Cl)cc2)ccc1N. The molecule has 0 unspecified atom stereocenters. The van der Waals surface area contributed by atoms with Gasteiger partial charge in [0, 0.05) is 27.7 Å². The highest BCUT2D eigenvalue weighted by Gasteiger charge is 2.16.